The number of fused-ring (bicyclic) bond motifs is 1. The number of non-ortho nitro benzene ring substituents is 1. The zero-order valence-corrected chi connectivity index (χ0v) is 8.56. The molecule has 0 bridgehead atoms. The Bertz CT molecular complexity index is 607. The normalized spacial score (nSPS) is 10.2. The van der Waals surface area contributed by atoms with Crippen LogP contribution in [0.15, 0.2) is 22.6 Å². The first-order valence-corrected chi connectivity index (χ1v) is 4.67. The van der Waals surface area contributed by atoms with Gasteiger partial charge in [0.25, 0.3) is 0 Å². The third kappa shape index (κ3) is 1.41. The number of nitrogens with zero attached hydrogens (tertiary/aromatic N) is 2. The van der Waals surface area contributed by atoms with Crippen LogP contribution in [0.2, 0.25) is 0 Å². The van der Waals surface area contributed by atoms with Gasteiger partial charge in [0, 0.05) is 17.0 Å². The smallest absolute Gasteiger partial charge is 0.312 e. The van der Waals surface area contributed by atoms with Crippen LogP contribution >= 0.6 is 0 Å². The molecule has 5 heteroatoms. The van der Waals surface area contributed by atoms with Gasteiger partial charge >= 0.3 is 5.69 Å². The zero-order chi connectivity index (χ0) is 11.7. The van der Waals surface area contributed by atoms with Crippen molar-refractivity contribution in [1.29, 1.82) is 5.26 Å². The molecule has 0 aliphatic rings. The van der Waals surface area contributed by atoms with Gasteiger partial charge in [-0.3, -0.25) is 10.1 Å². The van der Waals surface area contributed by atoms with Gasteiger partial charge in [0.15, 0.2) is 0 Å². The standard InChI is InChI=1S/C11H8N2O3/c1-7-8(5-6-12)9-3-2-4-10(13(14)15)11(9)16-7/h2-4H,5H2,1H3. The van der Waals surface area contributed by atoms with Gasteiger partial charge in [-0.25, -0.2) is 0 Å². The van der Waals surface area contributed by atoms with Crippen LogP contribution in [0.25, 0.3) is 11.0 Å². The van der Waals surface area contributed by atoms with Gasteiger partial charge in [-0.15, -0.1) is 0 Å². The lowest BCUT2D eigenvalue weighted by Gasteiger charge is -1.92. The van der Waals surface area contributed by atoms with E-state index in [9.17, 15) is 10.1 Å². The molecule has 80 valence electrons. The highest BCUT2D eigenvalue weighted by atomic mass is 16.6. The van der Waals surface area contributed by atoms with Gasteiger partial charge < -0.3 is 4.42 Å². The molecule has 0 N–H and O–H groups in total. The molecule has 0 aliphatic heterocycles. The topological polar surface area (TPSA) is 80.1 Å². The molecule has 0 saturated carbocycles. The van der Waals surface area contributed by atoms with E-state index in [2.05, 4.69) is 0 Å². The molecule has 0 aliphatic carbocycles. The van der Waals surface area contributed by atoms with Crippen LogP contribution in [-0.2, 0) is 6.42 Å². The summed E-state index contributed by atoms with van der Waals surface area (Å²) in [6.45, 7) is 1.70. The van der Waals surface area contributed by atoms with Crippen molar-refractivity contribution in [2.24, 2.45) is 0 Å². The summed E-state index contributed by atoms with van der Waals surface area (Å²) >= 11 is 0. The molecule has 1 aromatic heterocycles. The fraction of sp³-hybridized carbons (Fsp3) is 0.182. The van der Waals surface area contributed by atoms with Crippen LogP contribution in [-0.4, -0.2) is 4.92 Å². The first-order chi connectivity index (χ1) is 7.65. The van der Waals surface area contributed by atoms with E-state index in [4.69, 9.17) is 9.68 Å². The van der Waals surface area contributed by atoms with Gasteiger partial charge in [-0.1, -0.05) is 12.1 Å². The molecule has 1 aromatic carbocycles. The van der Waals surface area contributed by atoms with E-state index >= 15 is 0 Å². The van der Waals surface area contributed by atoms with Crippen molar-refractivity contribution in [2.45, 2.75) is 13.3 Å². The molecular formula is C11H8N2O3. The summed E-state index contributed by atoms with van der Waals surface area (Å²) in [5.41, 5.74) is 0.904. The van der Waals surface area contributed by atoms with E-state index < -0.39 is 4.92 Å². The summed E-state index contributed by atoms with van der Waals surface area (Å²) in [6, 6.07) is 6.73. The quantitative estimate of drug-likeness (QED) is 0.571. The summed E-state index contributed by atoms with van der Waals surface area (Å²) < 4.78 is 5.35. The van der Waals surface area contributed by atoms with E-state index in [1.165, 1.54) is 6.07 Å². The van der Waals surface area contributed by atoms with Crippen LogP contribution in [0.3, 0.4) is 0 Å². The minimum absolute atomic E-state index is 0.0650. The number of aryl methyl sites for hydroxylation is 1. The van der Waals surface area contributed by atoms with E-state index in [0.29, 0.717) is 11.1 Å². The van der Waals surface area contributed by atoms with Crippen molar-refractivity contribution in [3.05, 3.63) is 39.6 Å². The van der Waals surface area contributed by atoms with E-state index in [-0.39, 0.29) is 17.7 Å². The van der Waals surface area contributed by atoms with E-state index in [0.717, 1.165) is 5.56 Å². The minimum Gasteiger partial charge on any atom is -0.454 e. The molecular weight excluding hydrogens is 208 g/mol. The fourth-order valence-corrected chi connectivity index (χ4v) is 1.72. The number of benzene rings is 1. The fourth-order valence-electron chi connectivity index (χ4n) is 1.72. The van der Waals surface area contributed by atoms with Gasteiger partial charge in [0.1, 0.15) is 5.76 Å². The van der Waals surface area contributed by atoms with Gasteiger partial charge in [0.2, 0.25) is 5.58 Å². The average Bonchev–Trinajstić information content (AvgIpc) is 2.56. The Kier molecular flexibility index (Phi) is 2.33. The largest absolute Gasteiger partial charge is 0.454 e. The van der Waals surface area contributed by atoms with E-state index in [1.54, 1.807) is 19.1 Å². The van der Waals surface area contributed by atoms with Crippen molar-refractivity contribution < 1.29 is 9.34 Å². The third-order valence-electron chi connectivity index (χ3n) is 2.45. The molecule has 0 fully saturated rings. The minimum atomic E-state index is -0.485. The monoisotopic (exact) mass is 216 g/mol. The molecule has 1 heterocycles. The Hall–Kier alpha value is -2.35. The molecule has 0 saturated heterocycles. The number of rotatable bonds is 2. The number of nitriles is 1. The lowest BCUT2D eigenvalue weighted by molar-refractivity contribution is -0.383. The van der Waals surface area contributed by atoms with Crippen LogP contribution in [0.4, 0.5) is 5.69 Å². The van der Waals surface area contributed by atoms with Crippen molar-refractivity contribution in [3.8, 4) is 6.07 Å². The molecule has 2 aromatic rings. The predicted molar refractivity (Wildman–Crippen MR) is 56.9 cm³/mol. The second-order valence-corrected chi connectivity index (χ2v) is 3.38. The Morgan fingerprint density at radius 2 is 2.31 bits per heavy atom. The predicted octanol–water partition coefficient (Wildman–Crippen LogP) is 2.72. The lowest BCUT2D eigenvalue weighted by Crippen LogP contribution is -1.87. The van der Waals surface area contributed by atoms with Gasteiger partial charge in [-0.05, 0) is 6.92 Å². The molecule has 0 radical (unpaired) electrons. The summed E-state index contributed by atoms with van der Waals surface area (Å²) in [7, 11) is 0. The number of nitro benzene ring substituents is 1. The molecule has 16 heavy (non-hydrogen) atoms. The number of para-hydroxylation sites is 1. The number of hydrogen-bond donors (Lipinski definition) is 0. The molecule has 2 rings (SSSR count). The van der Waals surface area contributed by atoms with Gasteiger partial charge in [-0.2, -0.15) is 5.26 Å². The molecule has 0 spiro atoms. The summed E-state index contributed by atoms with van der Waals surface area (Å²) in [5, 5.41) is 20.1. The van der Waals surface area contributed by atoms with Crippen molar-refractivity contribution in [3.63, 3.8) is 0 Å². The lowest BCUT2D eigenvalue weighted by atomic mass is 10.1. The average molecular weight is 216 g/mol. The molecule has 0 unspecified atom stereocenters. The van der Waals surface area contributed by atoms with Gasteiger partial charge in [0.05, 0.1) is 17.4 Å². The Morgan fingerprint density at radius 1 is 1.56 bits per heavy atom. The van der Waals surface area contributed by atoms with Crippen LogP contribution < -0.4 is 0 Å². The highest BCUT2D eigenvalue weighted by Crippen LogP contribution is 2.32. The maximum absolute atomic E-state index is 10.8. The first kappa shape index (κ1) is 10.2. The van der Waals surface area contributed by atoms with E-state index in [1.807, 2.05) is 6.07 Å². The first-order valence-electron chi connectivity index (χ1n) is 4.67. The Morgan fingerprint density at radius 3 is 2.94 bits per heavy atom. The number of nitro groups is 1. The molecule has 0 atom stereocenters. The SMILES string of the molecule is Cc1oc2c([N+](=O)[O-])cccc2c1CC#N. The second-order valence-electron chi connectivity index (χ2n) is 3.38. The molecule has 5 nitrogen and oxygen atoms in total. The zero-order valence-electron chi connectivity index (χ0n) is 8.56. The third-order valence-corrected chi connectivity index (χ3v) is 2.45. The Labute approximate surface area is 91.0 Å². The second kappa shape index (κ2) is 3.66. The maximum atomic E-state index is 10.8. The highest BCUT2D eigenvalue weighted by molar-refractivity contribution is 5.89. The highest BCUT2D eigenvalue weighted by Gasteiger charge is 2.19. The maximum Gasteiger partial charge on any atom is 0.312 e. The van der Waals surface area contributed by atoms with Crippen molar-refractivity contribution in [2.75, 3.05) is 0 Å². The van der Waals surface area contributed by atoms with Crippen molar-refractivity contribution >= 4 is 16.7 Å². The summed E-state index contributed by atoms with van der Waals surface area (Å²) in [4.78, 5) is 10.3. The van der Waals surface area contributed by atoms with Crippen LogP contribution in [0.1, 0.15) is 11.3 Å². The number of furan rings is 1. The Balaban J connectivity index is 2.78. The molecule has 0 amide bonds. The summed E-state index contributed by atoms with van der Waals surface area (Å²) in [6.07, 6.45) is 0.194. The van der Waals surface area contributed by atoms with Crippen LogP contribution in [0, 0.1) is 28.4 Å². The summed E-state index contributed by atoms with van der Waals surface area (Å²) in [5.74, 6) is 0.561. The van der Waals surface area contributed by atoms with Crippen LogP contribution in [0.5, 0.6) is 0 Å². The van der Waals surface area contributed by atoms with Crippen molar-refractivity contribution in [1.82, 2.24) is 0 Å². The number of hydrogen-bond acceptors (Lipinski definition) is 4.